The third kappa shape index (κ3) is 1.94. The van der Waals surface area contributed by atoms with E-state index >= 15 is 0 Å². The molecular formula is C5H4N2O2S. The molecule has 0 aromatic carbocycles. The average molecular weight is 156 g/mol. The lowest BCUT2D eigenvalue weighted by Gasteiger charge is -1.76. The van der Waals surface area contributed by atoms with E-state index in [9.17, 15) is 4.79 Å². The second-order valence-corrected chi connectivity index (χ2v) is 2.11. The van der Waals surface area contributed by atoms with Gasteiger partial charge in [0.05, 0.1) is 5.69 Å². The van der Waals surface area contributed by atoms with Crippen molar-refractivity contribution in [3.8, 4) is 0 Å². The van der Waals surface area contributed by atoms with Gasteiger partial charge in [-0.1, -0.05) is 4.49 Å². The molecular weight excluding hydrogens is 152 g/mol. The van der Waals surface area contributed by atoms with Gasteiger partial charge in [0.25, 0.3) is 0 Å². The van der Waals surface area contributed by atoms with E-state index in [0.29, 0.717) is 5.69 Å². The second kappa shape index (κ2) is 3.07. The Morgan fingerprint density at radius 1 is 1.80 bits per heavy atom. The lowest BCUT2D eigenvalue weighted by Crippen LogP contribution is -1.85. The van der Waals surface area contributed by atoms with Gasteiger partial charge in [0.2, 0.25) is 0 Å². The van der Waals surface area contributed by atoms with Crippen LogP contribution in [0.5, 0.6) is 0 Å². The third-order valence-corrected chi connectivity index (χ3v) is 1.30. The first-order chi connectivity index (χ1) is 4.79. The molecule has 0 atom stereocenters. The molecule has 0 saturated heterocycles. The molecule has 10 heavy (non-hydrogen) atoms. The highest BCUT2D eigenvalue weighted by atomic mass is 32.1. The molecule has 1 aromatic rings. The van der Waals surface area contributed by atoms with E-state index in [-0.39, 0.29) is 0 Å². The predicted octanol–water partition coefficient (Wildman–Crippen LogP) is 0.636. The predicted molar refractivity (Wildman–Crippen MR) is 36.6 cm³/mol. The Morgan fingerprint density at radius 2 is 2.60 bits per heavy atom. The summed E-state index contributed by atoms with van der Waals surface area (Å²) in [5, 5.41) is 13.5. The summed E-state index contributed by atoms with van der Waals surface area (Å²) in [6, 6.07) is 0. The molecule has 0 bridgehead atoms. The molecule has 1 heterocycles. The van der Waals surface area contributed by atoms with Crippen LogP contribution in [0.3, 0.4) is 0 Å². The molecule has 0 fully saturated rings. The number of aliphatic carboxylic acids is 1. The summed E-state index contributed by atoms with van der Waals surface area (Å²) in [5.74, 6) is -0.979. The van der Waals surface area contributed by atoms with Gasteiger partial charge < -0.3 is 5.11 Å². The van der Waals surface area contributed by atoms with Crippen LogP contribution in [0.15, 0.2) is 11.5 Å². The fraction of sp³-hybridized carbons (Fsp3) is 0. The number of carbonyl (C=O) groups is 1. The van der Waals surface area contributed by atoms with Crippen LogP contribution in [0.2, 0.25) is 0 Å². The SMILES string of the molecule is O=C(O)/C=C/c1csnn1. The molecule has 5 heteroatoms. The maximum Gasteiger partial charge on any atom is 0.328 e. The van der Waals surface area contributed by atoms with Crippen LogP contribution < -0.4 is 0 Å². The van der Waals surface area contributed by atoms with Gasteiger partial charge in [-0.05, 0) is 17.6 Å². The third-order valence-electron chi connectivity index (χ3n) is 0.774. The van der Waals surface area contributed by atoms with Crippen molar-refractivity contribution in [1.29, 1.82) is 0 Å². The molecule has 0 amide bonds. The van der Waals surface area contributed by atoms with Crippen LogP contribution in [0, 0.1) is 0 Å². The first-order valence-electron chi connectivity index (χ1n) is 2.47. The smallest absolute Gasteiger partial charge is 0.328 e. The number of carboxylic acid groups (broad SMARTS) is 1. The van der Waals surface area contributed by atoms with Crippen molar-refractivity contribution in [3.05, 3.63) is 17.2 Å². The Kier molecular flexibility index (Phi) is 2.11. The molecule has 0 saturated carbocycles. The van der Waals surface area contributed by atoms with Crippen LogP contribution in [0.25, 0.3) is 6.08 Å². The molecule has 0 radical (unpaired) electrons. The molecule has 52 valence electrons. The first-order valence-corrected chi connectivity index (χ1v) is 3.31. The van der Waals surface area contributed by atoms with E-state index in [1.165, 1.54) is 17.6 Å². The van der Waals surface area contributed by atoms with Gasteiger partial charge in [-0.25, -0.2) is 4.79 Å². The van der Waals surface area contributed by atoms with Crippen molar-refractivity contribution in [2.45, 2.75) is 0 Å². The van der Waals surface area contributed by atoms with E-state index in [1.807, 2.05) is 0 Å². The molecule has 0 aliphatic carbocycles. The summed E-state index contributed by atoms with van der Waals surface area (Å²) in [5.41, 5.74) is 0.576. The minimum absolute atomic E-state index is 0.576. The quantitative estimate of drug-likeness (QED) is 0.638. The first kappa shape index (κ1) is 6.88. The lowest BCUT2D eigenvalue weighted by atomic mass is 10.4. The van der Waals surface area contributed by atoms with Crippen LogP contribution >= 0.6 is 11.5 Å². The van der Waals surface area contributed by atoms with Gasteiger partial charge in [0, 0.05) is 11.5 Å². The van der Waals surface area contributed by atoms with Gasteiger partial charge in [0.1, 0.15) is 0 Å². The molecule has 4 nitrogen and oxygen atoms in total. The number of hydrogen-bond acceptors (Lipinski definition) is 4. The van der Waals surface area contributed by atoms with Crippen LogP contribution in [-0.2, 0) is 4.79 Å². The Morgan fingerprint density at radius 3 is 3.10 bits per heavy atom. The van der Waals surface area contributed by atoms with E-state index in [0.717, 1.165) is 6.08 Å². The van der Waals surface area contributed by atoms with E-state index in [2.05, 4.69) is 9.59 Å². The van der Waals surface area contributed by atoms with Crippen LogP contribution in [0.1, 0.15) is 5.69 Å². The molecule has 1 aromatic heterocycles. The van der Waals surface area contributed by atoms with E-state index in [1.54, 1.807) is 5.38 Å². The molecule has 0 aliphatic rings. The zero-order valence-electron chi connectivity index (χ0n) is 4.89. The Balaban J connectivity index is 2.64. The van der Waals surface area contributed by atoms with Gasteiger partial charge in [-0.2, -0.15) is 0 Å². The lowest BCUT2D eigenvalue weighted by molar-refractivity contribution is -0.131. The second-order valence-electron chi connectivity index (χ2n) is 1.50. The summed E-state index contributed by atoms with van der Waals surface area (Å²) in [6.45, 7) is 0. The number of carboxylic acids is 1. The summed E-state index contributed by atoms with van der Waals surface area (Å²) in [7, 11) is 0. The van der Waals surface area contributed by atoms with Gasteiger partial charge in [-0.15, -0.1) is 5.10 Å². The monoisotopic (exact) mass is 156 g/mol. The minimum Gasteiger partial charge on any atom is -0.478 e. The van der Waals surface area contributed by atoms with Crippen molar-refractivity contribution in [1.82, 2.24) is 9.59 Å². The molecule has 1 rings (SSSR count). The standard InChI is InChI=1S/C5H4N2O2S/c8-5(9)2-1-4-3-10-7-6-4/h1-3H,(H,8,9)/b2-1+. The van der Waals surface area contributed by atoms with Crippen molar-refractivity contribution < 1.29 is 9.90 Å². The van der Waals surface area contributed by atoms with Gasteiger partial charge in [0.15, 0.2) is 0 Å². The summed E-state index contributed by atoms with van der Waals surface area (Å²) in [4.78, 5) is 9.96. The van der Waals surface area contributed by atoms with Crippen molar-refractivity contribution in [2.75, 3.05) is 0 Å². The van der Waals surface area contributed by atoms with Crippen LogP contribution in [-0.4, -0.2) is 20.7 Å². The maximum absolute atomic E-state index is 9.96. The highest BCUT2D eigenvalue weighted by molar-refractivity contribution is 7.03. The zero-order chi connectivity index (χ0) is 7.40. The Labute approximate surface area is 61.0 Å². The highest BCUT2D eigenvalue weighted by Gasteiger charge is 1.89. The van der Waals surface area contributed by atoms with E-state index in [4.69, 9.17) is 5.11 Å². The normalized spacial score (nSPS) is 10.4. The number of nitrogens with zero attached hydrogens (tertiary/aromatic N) is 2. The molecule has 0 aliphatic heterocycles. The van der Waals surface area contributed by atoms with Crippen molar-refractivity contribution >= 4 is 23.6 Å². The zero-order valence-corrected chi connectivity index (χ0v) is 5.71. The van der Waals surface area contributed by atoms with E-state index < -0.39 is 5.97 Å². The average Bonchev–Trinajstić information content (AvgIpc) is 2.34. The van der Waals surface area contributed by atoms with Gasteiger partial charge in [-0.3, -0.25) is 0 Å². The maximum atomic E-state index is 9.96. The topological polar surface area (TPSA) is 63.1 Å². The summed E-state index contributed by atoms with van der Waals surface area (Å²) in [6.07, 6.45) is 2.42. The Hall–Kier alpha value is -1.23. The summed E-state index contributed by atoms with van der Waals surface area (Å²) >= 11 is 1.19. The van der Waals surface area contributed by atoms with Crippen LogP contribution in [0.4, 0.5) is 0 Å². The fourth-order valence-corrected chi connectivity index (χ4v) is 0.823. The number of hydrogen-bond donors (Lipinski definition) is 1. The van der Waals surface area contributed by atoms with Crippen molar-refractivity contribution in [2.24, 2.45) is 0 Å². The minimum atomic E-state index is -0.979. The number of rotatable bonds is 2. The highest BCUT2D eigenvalue weighted by Crippen LogP contribution is 1.98. The number of aromatic nitrogens is 2. The van der Waals surface area contributed by atoms with Crippen molar-refractivity contribution in [3.63, 3.8) is 0 Å². The van der Waals surface area contributed by atoms with Gasteiger partial charge >= 0.3 is 5.97 Å². The summed E-state index contributed by atoms with van der Waals surface area (Å²) < 4.78 is 3.55. The fourth-order valence-electron chi connectivity index (χ4n) is 0.401. The molecule has 1 N–H and O–H groups in total. The molecule has 0 spiro atoms. The Bertz CT molecular complexity index is 242. The largest absolute Gasteiger partial charge is 0.478 e. The molecule has 0 unspecified atom stereocenters.